The van der Waals surface area contributed by atoms with Crippen LogP contribution in [0, 0.1) is 6.92 Å². The Morgan fingerprint density at radius 3 is 2.80 bits per heavy atom. The van der Waals surface area contributed by atoms with Crippen molar-refractivity contribution in [2.45, 2.75) is 51.4 Å². The molecule has 0 aromatic heterocycles. The van der Waals surface area contributed by atoms with Crippen LogP contribution < -0.4 is 4.74 Å². The molecule has 1 aromatic carbocycles. The molecular weight excluding hydrogens is 254 g/mol. The molecule has 2 aliphatic rings. The van der Waals surface area contributed by atoms with E-state index in [4.69, 9.17) is 4.74 Å². The van der Waals surface area contributed by atoms with E-state index < -0.39 is 11.7 Å². The van der Waals surface area contributed by atoms with Gasteiger partial charge < -0.3 is 14.7 Å². The van der Waals surface area contributed by atoms with Crippen molar-refractivity contribution in [3.63, 3.8) is 0 Å². The van der Waals surface area contributed by atoms with E-state index in [1.165, 1.54) is 0 Å². The minimum atomic E-state index is -0.723. The third kappa shape index (κ3) is 1.99. The lowest BCUT2D eigenvalue weighted by Gasteiger charge is -2.45. The fourth-order valence-electron chi connectivity index (χ4n) is 3.19. The Kier molecular flexibility index (Phi) is 3.01. The van der Waals surface area contributed by atoms with Crippen molar-refractivity contribution in [2.24, 2.45) is 0 Å². The summed E-state index contributed by atoms with van der Waals surface area (Å²) < 4.78 is 5.92. The Hall–Kier alpha value is -1.55. The maximum atomic E-state index is 12.1. The van der Waals surface area contributed by atoms with Crippen molar-refractivity contribution < 1.29 is 14.6 Å². The SMILES string of the molecule is Cc1ccc2c(c1)[C@@H](N1CCCC1=O)[C@H](O)C(C)(C)O2. The van der Waals surface area contributed by atoms with Gasteiger partial charge in [-0.1, -0.05) is 17.7 Å². The molecule has 2 atom stereocenters. The molecule has 0 spiro atoms. The van der Waals surface area contributed by atoms with Crippen molar-refractivity contribution in [3.05, 3.63) is 29.3 Å². The maximum absolute atomic E-state index is 12.1. The summed E-state index contributed by atoms with van der Waals surface area (Å²) in [4.78, 5) is 13.9. The average molecular weight is 275 g/mol. The Bertz CT molecular complexity index is 553. The molecule has 1 fully saturated rings. The lowest BCUT2D eigenvalue weighted by molar-refractivity contribution is -0.139. The number of benzene rings is 1. The minimum Gasteiger partial charge on any atom is -0.485 e. The molecule has 2 heterocycles. The number of ether oxygens (including phenoxy) is 1. The topological polar surface area (TPSA) is 49.8 Å². The molecule has 1 aromatic rings. The van der Waals surface area contributed by atoms with Gasteiger partial charge in [-0.25, -0.2) is 0 Å². The maximum Gasteiger partial charge on any atom is 0.223 e. The van der Waals surface area contributed by atoms with Gasteiger partial charge >= 0.3 is 0 Å². The van der Waals surface area contributed by atoms with Gasteiger partial charge in [0, 0.05) is 18.5 Å². The quantitative estimate of drug-likeness (QED) is 0.854. The van der Waals surface area contributed by atoms with Gasteiger partial charge in [0.1, 0.15) is 17.5 Å². The van der Waals surface area contributed by atoms with Gasteiger partial charge in [0.2, 0.25) is 5.91 Å². The van der Waals surface area contributed by atoms with E-state index in [9.17, 15) is 9.90 Å². The van der Waals surface area contributed by atoms with E-state index in [-0.39, 0.29) is 11.9 Å². The Morgan fingerprint density at radius 2 is 2.15 bits per heavy atom. The highest BCUT2D eigenvalue weighted by molar-refractivity contribution is 5.79. The van der Waals surface area contributed by atoms with Crippen LogP contribution in [-0.2, 0) is 4.79 Å². The first-order valence-corrected chi connectivity index (χ1v) is 7.17. The Balaban J connectivity index is 2.10. The molecule has 1 N–H and O–H groups in total. The summed E-state index contributed by atoms with van der Waals surface area (Å²) in [6.45, 7) is 6.46. The van der Waals surface area contributed by atoms with Crippen LogP contribution in [0.2, 0.25) is 0 Å². The molecule has 2 aliphatic heterocycles. The van der Waals surface area contributed by atoms with Crippen LogP contribution in [-0.4, -0.2) is 34.2 Å². The summed E-state index contributed by atoms with van der Waals surface area (Å²) >= 11 is 0. The number of likely N-dealkylation sites (tertiary alicyclic amines) is 1. The van der Waals surface area contributed by atoms with Gasteiger partial charge in [0.25, 0.3) is 0 Å². The number of rotatable bonds is 1. The predicted molar refractivity (Wildman–Crippen MR) is 75.6 cm³/mol. The number of hydrogen-bond acceptors (Lipinski definition) is 3. The van der Waals surface area contributed by atoms with E-state index in [0.717, 1.165) is 23.3 Å². The number of aliphatic hydroxyl groups is 1. The highest BCUT2D eigenvalue weighted by atomic mass is 16.5. The molecular formula is C16H21NO3. The van der Waals surface area contributed by atoms with Crippen LogP contribution in [0.4, 0.5) is 0 Å². The van der Waals surface area contributed by atoms with Crippen LogP contribution in [0.3, 0.4) is 0 Å². The number of carbonyl (C=O) groups excluding carboxylic acids is 1. The fraction of sp³-hybridized carbons (Fsp3) is 0.562. The second-order valence-electron chi connectivity index (χ2n) is 6.33. The highest BCUT2D eigenvalue weighted by Crippen LogP contribution is 2.44. The molecule has 0 radical (unpaired) electrons. The molecule has 108 valence electrons. The van der Waals surface area contributed by atoms with Crippen LogP contribution >= 0.6 is 0 Å². The molecule has 4 heteroatoms. The largest absolute Gasteiger partial charge is 0.485 e. The van der Waals surface area contributed by atoms with Crippen molar-refractivity contribution in [3.8, 4) is 5.75 Å². The molecule has 20 heavy (non-hydrogen) atoms. The molecule has 0 bridgehead atoms. The summed E-state index contributed by atoms with van der Waals surface area (Å²) in [7, 11) is 0. The van der Waals surface area contributed by atoms with E-state index in [0.29, 0.717) is 13.0 Å². The number of aliphatic hydroxyl groups excluding tert-OH is 1. The van der Waals surface area contributed by atoms with Crippen molar-refractivity contribution >= 4 is 5.91 Å². The zero-order chi connectivity index (χ0) is 14.5. The average Bonchev–Trinajstić information content (AvgIpc) is 2.78. The number of aryl methyl sites for hydroxylation is 1. The lowest BCUT2D eigenvalue weighted by atomic mass is 9.85. The molecule has 1 amide bonds. The number of hydrogen-bond donors (Lipinski definition) is 1. The lowest BCUT2D eigenvalue weighted by Crippen LogP contribution is -2.53. The van der Waals surface area contributed by atoms with E-state index in [1.807, 2.05) is 43.9 Å². The Morgan fingerprint density at radius 1 is 1.40 bits per heavy atom. The highest BCUT2D eigenvalue weighted by Gasteiger charge is 2.47. The van der Waals surface area contributed by atoms with Crippen LogP contribution in [0.25, 0.3) is 0 Å². The van der Waals surface area contributed by atoms with Crippen molar-refractivity contribution in [1.29, 1.82) is 0 Å². The summed E-state index contributed by atoms with van der Waals surface area (Å²) in [5, 5.41) is 10.7. The third-order valence-electron chi connectivity index (χ3n) is 4.31. The molecule has 0 unspecified atom stereocenters. The Labute approximate surface area is 119 Å². The third-order valence-corrected chi connectivity index (χ3v) is 4.31. The van der Waals surface area contributed by atoms with Gasteiger partial charge in [-0.3, -0.25) is 4.79 Å². The van der Waals surface area contributed by atoms with Crippen molar-refractivity contribution in [1.82, 2.24) is 4.90 Å². The molecule has 4 nitrogen and oxygen atoms in total. The molecule has 0 saturated carbocycles. The first-order chi connectivity index (χ1) is 9.40. The normalized spacial score (nSPS) is 28.2. The van der Waals surface area contributed by atoms with E-state index in [1.54, 1.807) is 0 Å². The first kappa shape index (κ1) is 13.4. The predicted octanol–water partition coefficient (Wildman–Crippen LogP) is 2.19. The first-order valence-electron chi connectivity index (χ1n) is 7.17. The zero-order valence-electron chi connectivity index (χ0n) is 12.2. The van der Waals surface area contributed by atoms with Gasteiger partial charge in [-0.2, -0.15) is 0 Å². The van der Waals surface area contributed by atoms with E-state index in [2.05, 4.69) is 0 Å². The molecule has 3 rings (SSSR count). The smallest absolute Gasteiger partial charge is 0.223 e. The second-order valence-corrected chi connectivity index (χ2v) is 6.33. The number of nitrogens with zero attached hydrogens (tertiary/aromatic N) is 1. The fourth-order valence-corrected chi connectivity index (χ4v) is 3.19. The molecule has 1 saturated heterocycles. The van der Waals surface area contributed by atoms with Gasteiger partial charge in [0.05, 0.1) is 6.04 Å². The summed E-state index contributed by atoms with van der Waals surface area (Å²) in [6.07, 6.45) is 0.717. The summed E-state index contributed by atoms with van der Waals surface area (Å²) in [6, 6.07) is 5.65. The second kappa shape index (κ2) is 4.48. The van der Waals surface area contributed by atoms with Gasteiger partial charge in [0.15, 0.2) is 0 Å². The standard InChI is InChI=1S/C16H21NO3/c1-10-6-7-12-11(9-10)14(15(19)16(2,3)20-12)17-8-4-5-13(17)18/h6-7,9,14-15,19H,4-5,8H2,1-3H3/t14-,15+/m1/s1. The van der Waals surface area contributed by atoms with Crippen LogP contribution in [0.15, 0.2) is 18.2 Å². The number of amides is 1. The van der Waals surface area contributed by atoms with Crippen LogP contribution in [0.5, 0.6) is 5.75 Å². The number of carbonyl (C=O) groups is 1. The zero-order valence-corrected chi connectivity index (χ0v) is 12.2. The molecule has 0 aliphatic carbocycles. The number of fused-ring (bicyclic) bond motifs is 1. The van der Waals surface area contributed by atoms with Crippen LogP contribution in [0.1, 0.15) is 43.9 Å². The summed E-state index contributed by atoms with van der Waals surface area (Å²) in [5.41, 5.74) is 1.33. The van der Waals surface area contributed by atoms with E-state index >= 15 is 0 Å². The van der Waals surface area contributed by atoms with Crippen molar-refractivity contribution in [2.75, 3.05) is 6.54 Å². The monoisotopic (exact) mass is 275 g/mol. The summed E-state index contributed by atoms with van der Waals surface area (Å²) in [5.74, 6) is 0.898. The van der Waals surface area contributed by atoms with Gasteiger partial charge in [-0.05, 0) is 33.3 Å². The minimum absolute atomic E-state index is 0.124. The van der Waals surface area contributed by atoms with Gasteiger partial charge in [-0.15, -0.1) is 0 Å².